The van der Waals surface area contributed by atoms with Crippen LogP contribution in [0.2, 0.25) is 5.02 Å². The number of carbonyl (C=O) groups is 1. The molecule has 0 aliphatic rings. The second-order valence-corrected chi connectivity index (χ2v) is 8.65. The molecular formula is C26H20ClNO4S. The topological polar surface area (TPSA) is 68.4 Å². The summed E-state index contributed by atoms with van der Waals surface area (Å²) in [6.07, 6.45) is 3.16. The van der Waals surface area contributed by atoms with Gasteiger partial charge in [-0.2, -0.15) is 0 Å². The fraction of sp³-hybridized carbons (Fsp3) is 0.0769. The predicted octanol–water partition coefficient (Wildman–Crippen LogP) is 4.17. The van der Waals surface area contributed by atoms with Crippen molar-refractivity contribution in [2.75, 3.05) is 7.11 Å². The van der Waals surface area contributed by atoms with Gasteiger partial charge in [-0.15, -0.1) is 11.3 Å². The molecule has 0 bridgehead atoms. The van der Waals surface area contributed by atoms with Gasteiger partial charge < -0.3 is 14.5 Å². The minimum Gasteiger partial charge on any atom is -0.493 e. The van der Waals surface area contributed by atoms with Crippen molar-refractivity contribution >= 4 is 40.9 Å². The second kappa shape index (κ2) is 10.3. The number of methoxy groups -OCH3 is 1. The van der Waals surface area contributed by atoms with Gasteiger partial charge in [0.2, 0.25) is 0 Å². The van der Waals surface area contributed by atoms with Crippen LogP contribution in [-0.4, -0.2) is 17.9 Å². The quantitative estimate of drug-likeness (QED) is 0.406. The SMILES string of the molecule is COc1cc(/C=c2\s/c(=C\C(=O)c3ccc(Cl)cc3)[nH]c2=O)ccc1OCc1ccccc1. The van der Waals surface area contributed by atoms with Gasteiger partial charge in [0, 0.05) is 16.7 Å². The maximum Gasteiger partial charge on any atom is 0.266 e. The smallest absolute Gasteiger partial charge is 0.266 e. The van der Waals surface area contributed by atoms with Gasteiger partial charge in [-0.1, -0.05) is 48.0 Å². The number of ketones is 1. The Labute approximate surface area is 199 Å². The first kappa shape index (κ1) is 22.6. The van der Waals surface area contributed by atoms with Gasteiger partial charge in [-0.05, 0) is 53.6 Å². The summed E-state index contributed by atoms with van der Waals surface area (Å²) in [7, 11) is 1.57. The average molecular weight is 478 g/mol. The maximum absolute atomic E-state index is 12.4. The van der Waals surface area contributed by atoms with Crippen molar-refractivity contribution in [3.63, 3.8) is 0 Å². The third kappa shape index (κ3) is 5.80. The highest BCUT2D eigenvalue weighted by Gasteiger charge is 2.07. The number of rotatable bonds is 7. The van der Waals surface area contributed by atoms with Gasteiger partial charge in [0.25, 0.3) is 5.56 Å². The molecule has 166 valence electrons. The zero-order chi connectivity index (χ0) is 23.2. The molecule has 0 saturated carbocycles. The first-order valence-corrected chi connectivity index (χ1v) is 11.3. The van der Waals surface area contributed by atoms with Crippen molar-refractivity contribution in [1.29, 1.82) is 0 Å². The summed E-state index contributed by atoms with van der Waals surface area (Å²) in [6.45, 7) is 0.422. The lowest BCUT2D eigenvalue weighted by Gasteiger charge is -2.11. The van der Waals surface area contributed by atoms with E-state index in [4.69, 9.17) is 21.1 Å². The molecule has 0 spiro atoms. The number of Topliss-reactive ketones (excluding diaryl/α,β-unsaturated/α-hetero) is 1. The van der Waals surface area contributed by atoms with Crippen LogP contribution in [0.15, 0.2) is 77.6 Å². The Morgan fingerprint density at radius 1 is 1.03 bits per heavy atom. The minimum absolute atomic E-state index is 0.211. The van der Waals surface area contributed by atoms with Crippen molar-refractivity contribution in [1.82, 2.24) is 4.98 Å². The Morgan fingerprint density at radius 2 is 1.79 bits per heavy atom. The third-order valence-corrected chi connectivity index (χ3v) is 6.01. The highest BCUT2D eigenvalue weighted by molar-refractivity contribution is 7.07. The first-order chi connectivity index (χ1) is 16.0. The number of ether oxygens (including phenoxy) is 2. The first-order valence-electron chi connectivity index (χ1n) is 10.1. The molecule has 0 atom stereocenters. The number of H-pyrrole nitrogens is 1. The highest BCUT2D eigenvalue weighted by atomic mass is 35.5. The Bertz CT molecular complexity index is 1440. The number of hydrogen-bond acceptors (Lipinski definition) is 5. The van der Waals surface area contributed by atoms with E-state index in [1.54, 1.807) is 37.5 Å². The van der Waals surface area contributed by atoms with E-state index in [0.717, 1.165) is 11.1 Å². The zero-order valence-corrected chi connectivity index (χ0v) is 19.3. The summed E-state index contributed by atoms with van der Waals surface area (Å²) in [5.74, 6) is 0.968. The summed E-state index contributed by atoms with van der Waals surface area (Å²) in [6, 6.07) is 21.9. The number of thiazole rings is 1. The van der Waals surface area contributed by atoms with Gasteiger partial charge in [0.05, 0.1) is 16.3 Å². The molecule has 4 rings (SSSR count). The monoisotopic (exact) mass is 477 g/mol. The number of aromatic nitrogens is 1. The van der Waals surface area contributed by atoms with Crippen molar-refractivity contribution in [2.45, 2.75) is 6.61 Å². The van der Waals surface area contributed by atoms with Crippen LogP contribution in [0.4, 0.5) is 0 Å². The van der Waals surface area contributed by atoms with Crippen molar-refractivity contribution in [2.24, 2.45) is 0 Å². The molecule has 1 aromatic heterocycles. The number of aromatic amines is 1. The molecule has 7 heteroatoms. The largest absolute Gasteiger partial charge is 0.493 e. The molecule has 4 aromatic rings. The van der Waals surface area contributed by atoms with Gasteiger partial charge in [0.1, 0.15) is 6.61 Å². The van der Waals surface area contributed by atoms with Gasteiger partial charge in [0.15, 0.2) is 17.3 Å². The van der Waals surface area contributed by atoms with E-state index in [9.17, 15) is 9.59 Å². The Hall–Kier alpha value is -3.61. The van der Waals surface area contributed by atoms with Crippen LogP contribution in [0.25, 0.3) is 12.2 Å². The second-order valence-electron chi connectivity index (χ2n) is 7.13. The molecule has 5 nitrogen and oxygen atoms in total. The number of halogens is 1. The van der Waals surface area contributed by atoms with Gasteiger partial charge in [-0.3, -0.25) is 9.59 Å². The fourth-order valence-corrected chi connectivity index (χ4v) is 4.13. The van der Waals surface area contributed by atoms with Crippen LogP contribution in [0, 0.1) is 0 Å². The Morgan fingerprint density at radius 3 is 2.52 bits per heavy atom. The Balaban J connectivity index is 1.57. The lowest BCUT2D eigenvalue weighted by molar-refractivity contribution is 0.106. The highest BCUT2D eigenvalue weighted by Crippen LogP contribution is 2.29. The molecule has 1 heterocycles. The number of benzene rings is 3. The molecule has 0 radical (unpaired) electrons. The minimum atomic E-state index is -0.265. The van der Waals surface area contributed by atoms with E-state index >= 15 is 0 Å². The Kier molecular flexibility index (Phi) is 7.07. The lowest BCUT2D eigenvalue weighted by Crippen LogP contribution is -2.20. The van der Waals surface area contributed by atoms with Crippen LogP contribution in [0.1, 0.15) is 21.5 Å². The summed E-state index contributed by atoms with van der Waals surface area (Å²) in [5, 5.41) is 0.555. The van der Waals surface area contributed by atoms with Gasteiger partial charge in [-0.25, -0.2) is 0 Å². The summed E-state index contributed by atoms with van der Waals surface area (Å²) < 4.78 is 12.3. The summed E-state index contributed by atoms with van der Waals surface area (Å²) in [4.78, 5) is 27.6. The summed E-state index contributed by atoms with van der Waals surface area (Å²) >= 11 is 7.07. The molecule has 0 aliphatic carbocycles. The van der Waals surface area contributed by atoms with E-state index in [1.165, 1.54) is 17.4 Å². The van der Waals surface area contributed by atoms with Crippen LogP contribution >= 0.6 is 22.9 Å². The van der Waals surface area contributed by atoms with Crippen LogP contribution in [0.3, 0.4) is 0 Å². The van der Waals surface area contributed by atoms with E-state index in [-0.39, 0.29) is 11.3 Å². The molecule has 0 amide bonds. The van der Waals surface area contributed by atoms with E-state index in [1.807, 2.05) is 48.5 Å². The van der Waals surface area contributed by atoms with Crippen molar-refractivity contribution < 1.29 is 14.3 Å². The molecule has 0 aliphatic heterocycles. The normalized spacial score (nSPS) is 12.1. The molecule has 0 saturated heterocycles. The van der Waals surface area contributed by atoms with Crippen molar-refractivity contribution in [3.8, 4) is 11.5 Å². The molecule has 33 heavy (non-hydrogen) atoms. The summed E-state index contributed by atoms with van der Waals surface area (Å²) in [5.41, 5.74) is 2.06. The third-order valence-electron chi connectivity index (χ3n) is 4.79. The van der Waals surface area contributed by atoms with E-state index in [0.29, 0.717) is 37.9 Å². The molecule has 0 fully saturated rings. The van der Waals surface area contributed by atoms with Crippen molar-refractivity contribution in [3.05, 3.63) is 114 Å². The molecular weight excluding hydrogens is 458 g/mol. The lowest BCUT2D eigenvalue weighted by atomic mass is 10.1. The number of carbonyl (C=O) groups excluding carboxylic acids is 1. The average Bonchev–Trinajstić information content (AvgIpc) is 3.17. The van der Waals surface area contributed by atoms with Crippen LogP contribution < -0.4 is 24.2 Å². The van der Waals surface area contributed by atoms with Crippen LogP contribution in [-0.2, 0) is 6.61 Å². The standard InChI is InChI=1S/C26H20ClNO4S/c1-31-23-13-18(7-12-22(23)32-16-17-5-3-2-4-6-17)14-24-26(30)28-25(33-24)15-21(29)19-8-10-20(27)11-9-19/h2-15H,16H2,1H3,(H,28,30)/b24-14-,25-15-. The number of nitrogens with one attached hydrogen (secondary N) is 1. The van der Waals surface area contributed by atoms with Crippen LogP contribution in [0.5, 0.6) is 11.5 Å². The molecule has 1 N–H and O–H groups in total. The number of hydrogen-bond donors (Lipinski definition) is 1. The van der Waals surface area contributed by atoms with Gasteiger partial charge >= 0.3 is 0 Å². The maximum atomic E-state index is 12.4. The zero-order valence-electron chi connectivity index (χ0n) is 17.7. The molecule has 0 unspecified atom stereocenters. The fourth-order valence-electron chi connectivity index (χ4n) is 3.12. The predicted molar refractivity (Wildman–Crippen MR) is 132 cm³/mol. The van der Waals surface area contributed by atoms with E-state index < -0.39 is 0 Å². The molecule has 3 aromatic carbocycles. The van der Waals surface area contributed by atoms with E-state index in [2.05, 4.69) is 4.98 Å².